The summed E-state index contributed by atoms with van der Waals surface area (Å²) in [5, 5.41) is 43.5. The smallest absolute Gasteiger partial charge is 0.255 e. The summed E-state index contributed by atoms with van der Waals surface area (Å²) in [4.78, 5) is 41.1. The van der Waals surface area contributed by atoms with Gasteiger partial charge in [-0.25, -0.2) is 0 Å². The molecule has 4 atom stereocenters. The molecule has 0 spiro atoms. The number of fused-ring (bicyclic) bond motifs is 3. The zero-order chi connectivity index (χ0) is 27.7. The molecule has 0 aliphatic heterocycles. The lowest BCUT2D eigenvalue weighted by atomic mass is 9.47. The van der Waals surface area contributed by atoms with E-state index >= 15 is 0 Å². The summed E-state index contributed by atoms with van der Waals surface area (Å²) in [6.07, 6.45) is -0.0251. The average Bonchev–Trinajstić information content (AvgIpc) is 2.77. The molecule has 0 heterocycles. The summed E-state index contributed by atoms with van der Waals surface area (Å²) in [5.74, 6) is 0.160. The van der Waals surface area contributed by atoms with Gasteiger partial charge in [0.1, 0.15) is 22.8 Å². The quantitative estimate of drug-likeness (QED) is 0.227. The van der Waals surface area contributed by atoms with E-state index in [4.69, 9.17) is 17.2 Å². The van der Waals surface area contributed by atoms with Crippen molar-refractivity contribution in [3.8, 4) is 23.7 Å². The number of ketones is 2. The average molecular weight is 506 g/mol. The lowest BCUT2D eigenvalue weighted by Gasteiger charge is -2.58. The minimum Gasteiger partial charge on any atom is -0.509 e. The molecule has 1 amide bonds. The highest BCUT2D eigenvalue weighted by Crippen LogP contribution is 2.58. The van der Waals surface area contributed by atoms with Crippen LogP contribution in [0.5, 0.6) is 5.75 Å². The number of carbonyl (C=O) groups excluding carboxylic acids is 3. The van der Waals surface area contributed by atoms with Gasteiger partial charge in [0.2, 0.25) is 0 Å². The summed E-state index contributed by atoms with van der Waals surface area (Å²) in [6, 6.07) is 3.15. The summed E-state index contributed by atoms with van der Waals surface area (Å²) < 4.78 is 0. The molecule has 37 heavy (non-hydrogen) atoms. The molecule has 1 fully saturated rings. The highest BCUT2D eigenvalue weighted by atomic mass is 16.3. The van der Waals surface area contributed by atoms with Crippen molar-refractivity contribution in [2.75, 3.05) is 14.1 Å². The highest BCUT2D eigenvalue weighted by molar-refractivity contribution is 6.25. The van der Waals surface area contributed by atoms with Crippen molar-refractivity contribution in [1.82, 2.24) is 4.90 Å². The monoisotopic (exact) mass is 505 g/mol. The zero-order valence-corrected chi connectivity index (χ0v) is 20.5. The Morgan fingerprint density at radius 1 is 1.22 bits per heavy atom. The van der Waals surface area contributed by atoms with Gasteiger partial charge in [-0.1, -0.05) is 18.8 Å². The summed E-state index contributed by atoms with van der Waals surface area (Å²) in [6.45, 7) is 1.85. The number of phenols is 1. The number of nitriles is 1. The van der Waals surface area contributed by atoms with Gasteiger partial charge in [-0.2, -0.15) is 5.26 Å². The molecule has 0 radical (unpaired) electrons. The van der Waals surface area contributed by atoms with Crippen LogP contribution >= 0.6 is 0 Å². The molecule has 0 saturated heterocycles. The number of nitrogens with two attached hydrogens (primary N) is 3. The van der Waals surface area contributed by atoms with Crippen molar-refractivity contribution >= 4 is 23.2 Å². The fraction of sp³-hybridized carbons (Fsp3) is 0.385. The molecule has 0 aromatic heterocycles. The van der Waals surface area contributed by atoms with Gasteiger partial charge >= 0.3 is 0 Å². The largest absolute Gasteiger partial charge is 0.509 e. The number of nitrogens with zero attached hydrogens (tertiary/aromatic N) is 2. The first-order chi connectivity index (χ1) is 17.2. The van der Waals surface area contributed by atoms with Gasteiger partial charge in [-0.05, 0) is 44.6 Å². The number of aromatic hydroxyl groups is 1. The number of likely N-dealkylation sites (N-methyl/N-ethyl adjacent to an activating group) is 1. The van der Waals surface area contributed by atoms with Crippen molar-refractivity contribution < 1.29 is 29.7 Å². The van der Waals surface area contributed by atoms with E-state index in [2.05, 4.69) is 11.8 Å². The van der Waals surface area contributed by atoms with Gasteiger partial charge in [0.15, 0.2) is 17.0 Å². The molecule has 1 aromatic rings. The van der Waals surface area contributed by atoms with E-state index in [-0.39, 0.29) is 17.7 Å². The van der Waals surface area contributed by atoms with Crippen molar-refractivity contribution in [3.63, 3.8) is 0 Å². The Morgan fingerprint density at radius 2 is 1.86 bits per heavy atom. The van der Waals surface area contributed by atoms with Gasteiger partial charge in [0, 0.05) is 12.0 Å². The molecular weight excluding hydrogens is 478 g/mol. The van der Waals surface area contributed by atoms with Gasteiger partial charge in [0.05, 0.1) is 34.3 Å². The van der Waals surface area contributed by atoms with Crippen molar-refractivity contribution in [2.45, 2.75) is 43.3 Å². The van der Waals surface area contributed by atoms with E-state index in [0.29, 0.717) is 17.5 Å². The Morgan fingerprint density at radius 3 is 2.41 bits per heavy atom. The maximum atomic E-state index is 14.2. The first-order valence-electron chi connectivity index (χ1n) is 11.5. The fourth-order valence-electron chi connectivity index (χ4n) is 6.13. The molecule has 1 aromatic carbocycles. The third-order valence-corrected chi connectivity index (χ3v) is 7.53. The van der Waals surface area contributed by atoms with E-state index in [0.717, 1.165) is 0 Å². The van der Waals surface area contributed by atoms with Crippen LogP contribution in [0.4, 0.5) is 0 Å². The number of Topliss-reactive ketones (excluding diaryl/α,β-unsaturated/α-hetero) is 2. The van der Waals surface area contributed by atoms with E-state index in [1.165, 1.54) is 25.1 Å². The molecule has 11 nitrogen and oxygen atoms in total. The Hall–Kier alpha value is -4.16. The maximum absolute atomic E-state index is 14.2. The number of aliphatic hydroxyl groups excluding tert-OH is 2. The van der Waals surface area contributed by atoms with E-state index in [9.17, 15) is 35.0 Å². The SMILES string of the molecule is CCC#Cc1ccc(O)c2c1C[C@@]1(N)C[C@@]3(N)[C@H](N(C)C)C(=O)C(C(N)=O)=C(O)[C@@]3(C#N)C(=O)C1=C2O. The van der Waals surface area contributed by atoms with E-state index in [1.54, 1.807) is 12.1 Å². The molecule has 192 valence electrons. The minimum absolute atomic E-state index is 0.0837. The van der Waals surface area contributed by atoms with Crippen LogP contribution in [0.15, 0.2) is 29.0 Å². The molecule has 11 heteroatoms. The van der Waals surface area contributed by atoms with Gasteiger partial charge in [0.25, 0.3) is 5.91 Å². The molecule has 9 N–H and O–H groups in total. The number of hydrogen-bond acceptors (Lipinski definition) is 10. The van der Waals surface area contributed by atoms with Gasteiger partial charge < -0.3 is 32.5 Å². The Bertz CT molecular complexity index is 1460. The third-order valence-electron chi connectivity index (χ3n) is 7.53. The lowest BCUT2D eigenvalue weighted by molar-refractivity contribution is -0.139. The van der Waals surface area contributed by atoms with Crippen molar-refractivity contribution in [3.05, 3.63) is 45.7 Å². The minimum atomic E-state index is -2.68. The maximum Gasteiger partial charge on any atom is 0.255 e. The second-order valence-electron chi connectivity index (χ2n) is 9.92. The van der Waals surface area contributed by atoms with Crippen molar-refractivity contribution in [1.29, 1.82) is 5.26 Å². The highest BCUT2D eigenvalue weighted by Gasteiger charge is 2.74. The standard InChI is InChI=1S/C26H27N5O6/c1-4-5-6-12-7-8-14(32)15-13(12)9-24(29)10-26(30)20(31(2)3)19(34)16(23(28)37)21(35)25(26,11-27)22(36)17(24)18(15)33/h7-8,20,32-33,35H,4,9-10,29-30H2,1-3H3,(H2,28,37)/t20-,24-,25+,26-/m1/s1. The second-order valence-corrected chi connectivity index (χ2v) is 9.92. The summed E-state index contributed by atoms with van der Waals surface area (Å²) in [7, 11) is 2.92. The molecule has 3 aliphatic carbocycles. The second kappa shape index (κ2) is 8.18. The molecule has 3 aliphatic rings. The topological polar surface area (TPSA) is 217 Å². The summed E-state index contributed by atoms with van der Waals surface area (Å²) in [5.41, 5.74) is 11.8. The van der Waals surface area contributed by atoms with Crippen LogP contribution in [0.1, 0.15) is 36.5 Å². The van der Waals surface area contributed by atoms with Crippen LogP contribution in [0, 0.1) is 28.6 Å². The van der Waals surface area contributed by atoms with Crippen LogP contribution in [0.25, 0.3) is 5.76 Å². The molecule has 4 rings (SSSR count). The zero-order valence-electron chi connectivity index (χ0n) is 20.5. The van der Waals surface area contributed by atoms with Crippen LogP contribution in [-0.4, -0.2) is 68.9 Å². The number of aliphatic hydroxyl groups is 2. The first kappa shape index (κ1) is 25.9. The number of hydrogen-bond donors (Lipinski definition) is 6. The predicted octanol–water partition coefficient (Wildman–Crippen LogP) is -0.333. The van der Waals surface area contributed by atoms with Crippen molar-refractivity contribution in [2.24, 2.45) is 22.6 Å². The number of benzene rings is 1. The number of carbonyl (C=O) groups is 3. The van der Waals surface area contributed by atoms with E-state index < -0.39 is 69.1 Å². The predicted molar refractivity (Wildman–Crippen MR) is 131 cm³/mol. The molecule has 0 unspecified atom stereocenters. The van der Waals surface area contributed by atoms with Crippen LogP contribution in [0.3, 0.4) is 0 Å². The van der Waals surface area contributed by atoms with Gasteiger partial charge in [-0.15, -0.1) is 0 Å². The fourth-order valence-corrected chi connectivity index (χ4v) is 6.13. The molecule has 0 bridgehead atoms. The first-order valence-corrected chi connectivity index (χ1v) is 11.5. The Kier molecular flexibility index (Phi) is 5.73. The summed E-state index contributed by atoms with van der Waals surface area (Å²) >= 11 is 0. The number of primary amides is 1. The number of phenolic OH excluding ortho intramolecular Hbond substituents is 1. The number of amides is 1. The normalized spacial score (nSPS) is 30.7. The Balaban J connectivity index is 2.13. The van der Waals surface area contributed by atoms with Gasteiger partial charge in [-0.3, -0.25) is 19.3 Å². The number of rotatable bonds is 2. The Labute approximate surface area is 212 Å². The van der Waals surface area contributed by atoms with Crippen LogP contribution in [-0.2, 0) is 20.8 Å². The van der Waals surface area contributed by atoms with E-state index in [1.807, 2.05) is 6.92 Å². The third kappa shape index (κ3) is 3.09. The van der Waals surface area contributed by atoms with Crippen LogP contribution < -0.4 is 17.2 Å². The lowest BCUT2D eigenvalue weighted by Crippen LogP contribution is -2.80. The van der Waals surface area contributed by atoms with Crippen LogP contribution in [0.2, 0.25) is 0 Å². The molecular formula is C26H27N5O6. The molecule has 1 saturated carbocycles.